The molecule has 5 heteroatoms. The zero-order chi connectivity index (χ0) is 15.5. The summed E-state index contributed by atoms with van der Waals surface area (Å²) in [6, 6.07) is 7.16. The summed E-state index contributed by atoms with van der Waals surface area (Å²) in [5.74, 6) is 0.694. The lowest BCUT2D eigenvalue weighted by Crippen LogP contribution is -2.48. The van der Waals surface area contributed by atoms with Crippen LogP contribution in [0.2, 0.25) is 0 Å². The van der Waals surface area contributed by atoms with Crippen molar-refractivity contribution in [1.82, 2.24) is 9.21 Å². The Kier molecular flexibility index (Phi) is 5.41. The van der Waals surface area contributed by atoms with E-state index in [1.165, 1.54) is 6.42 Å². The number of piperazine rings is 1. The van der Waals surface area contributed by atoms with Crippen LogP contribution in [0.5, 0.6) is 0 Å². The molecular formula is C16H26N2O2S. The van der Waals surface area contributed by atoms with Crippen LogP contribution in [0.4, 0.5) is 0 Å². The van der Waals surface area contributed by atoms with Crippen molar-refractivity contribution < 1.29 is 8.42 Å². The van der Waals surface area contributed by atoms with Gasteiger partial charge in [0.1, 0.15) is 0 Å². The van der Waals surface area contributed by atoms with Gasteiger partial charge in [-0.3, -0.25) is 0 Å². The highest BCUT2D eigenvalue weighted by molar-refractivity contribution is 7.89. The number of benzene rings is 1. The van der Waals surface area contributed by atoms with Gasteiger partial charge in [0.15, 0.2) is 0 Å². The summed E-state index contributed by atoms with van der Waals surface area (Å²) in [6.07, 6.45) is 1.17. The Bertz CT molecular complexity index is 561. The van der Waals surface area contributed by atoms with Gasteiger partial charge < -0.3 is 4.90 Å². The van der Waals surface area contributed by atoms with Crippen LogP contribution in [-0.2, 0) is 10.0 Å². The Morgan fingerprint density at radius 3 is 2.38 bits per heavy atom. The van der Waals surface area contributed by atoms with Crippen molar-refractivity contribution in [2.24, 2.45) is 5.92 Å². The van der Waals surface area contributed by atoms with Crippen LogP contribution in [0.15, 0.2) is 29.2 Å². The Labute approximate surface area is 128 Å². The van der Waals surface area contributed by atoms with Crippen molar-refractivity contribution in [3.05, 3.63) is 29.8 Å². The largest absolute Gasteiger partial charge is 0.301 e. The minimum Gasteiger partial charge on any atom is -0.301 e. The molecule has 1 saturated heterocycles. The molecule has 0 radical (unpaired) electrons. The molecule has 0 atom stereocenters. The number of hydrogen-bond acceptors (Lipinski definition) is 3. The second-order valence-corrected chi connectivity index (χ2v) is 8.18. The Morgan fingerprint density at radius 2 is 1.81 bits per heavy atom. The van der Waals surface area contributed by atoms with Gasteiger partial charge in [0.25, 0.3) is 0 Å². The molecule has 21 heavy (non-hydrogen) atoms. The topological polar surface area (TPSA) is 40.6 Å². The van der Waals surface area contributed by atoms with E-state index >= 15 is 0 Å². The SMILES string of the molecule is Cc1cccc(S(=O)(=O)N2CCN(CCC(C)C)CC2)c1. The van der Waals surface area contributed by atoms with Gasteiger partial charge in [-0.2, -0.15) is 4.31 Å². The van der Waals surface area contributed by atoms with E-state index in [9.17, 15) is 8.42 Å². The quantitative estimate of drug-likeness (QED) is 0.838. The van der Waals surface area contributed by atoms with E-state index in [1.807, 2.05) is 13.0 Å². The molecule has 0 unspecified atom stereocenters. The van der Waals surface area contributed by atoms with Gasteiger partial charge in [-0.25, -0.2) is 8.42 Å². The number of nitrogens with zero attached hydrogens (tertiary/aromatic N) is 2. The molecule has 1 heterocycles. The first-order chi connectivity index (χ1) is 9.89. The van der Waals surface area contributed by atoms with E-state index < -0.39 is 10.0 Å². The summed E-state index contributed by atoms with van der Waals surface area (Å²) < 4.78 is 26.9. The number of rotatable bonds is 5. The zero-order valence-electron chi connectivity index (χ0n) is 13.2. The average molecular weight is 310 g/mol. The molecule has 4 nitrogen and oxygen atoms in total. The van der Waals surface area contributed by atoms with Gasteiger partial charge in [0.05, 0.1) is 4.90 Å². The third-order valence-electron chi connectivity index (χ3n) is 3.98. The third kappa shape index (κ3) is 4.28. The molecule has 0 amide bonds. The van der Waals surface area contributed by atoms with Gasteiger partial charge in [0.2, 0.25) is 10.0 Å². The smallest absolute Gasteiger partial charge is 0.243 e. The summed E-state index contributed by atoms with van der Waals surface area (Å²) in [6.45, 7) is 10.3. The standard InChI is InChI=1S/C16H26N2O2S/c1-14(2)7-8-17-9-11-18(12-10-17)21(19,20)16-6-4-5-15(3)13-16/h4-6,13-14H,7-12H2,1-3H3. The van der Waals surface area contributed by atoms with E-state index in [-0.39, 0.29) is 0 Å². The highest BCUT2D eigenvalue weighted by atomic mass is 32.2. The van der Waals surface area contributed by atoms with Crippen LogP contribution in [0, 0.1) is 12.8 Å². The maximum absolute atomic E-state index is 12.6. The second kappa shape index (κ2) is 6.90. The van der Waals surface area contributed by atoms with Gasteiger partial charge >= 0.3 is 0 Å². The summed E-state index contributed by atoms with van der Waals surface area (Å²) >= 11 is 0. The van der Waals surface area contributed by atoms with Crippen LogP contribution in [0.3, 0.4) is 0 Å². The number of sulfonamides is 1. The van der Waals surface area contributed by atoms with Crippen LogP contribution in [-0.4, -0.2) is 50.3 Å². The fourth-order valence-electron chi connectivity index (χ4n) is 2.56. The third-order valence-corrected chi connectivity index (χ3v) is 5.88. The lowest BCUT2D eigenvalue weighted by molar-refractivity contribution is 0.180. The molecule has 0 aliphatic carbocycles. The Morgan fingerprint density at radius 1 is 1.14 bits per heavy atom. The first-order valence-electron chi connectivity index (χ1n) is 7.69. The molecule has 0 N–H and O–H groups in total. The van der Waals surface area contributed by atoms with Crippen molar-refractivity contribution in [1.29, 1.82) is 0 Å². The van der Waals surface area contributed by atoms with Gasteiger partial charge in [0, 0.05) is 26.2 Å². The lowest BCUT2D eigenvalue weighted by atomic mass is 10.1. The highest BCUT2D eigenvalue weighted by Gasteiger charge is 2.28. The van der Waals surface area contributed by atoms with Crippen LogP contribution < -0.4 is 0 Å². The van der Waals surface area contributed by atoms with Crippen LogP contribution >= 0.6 is 0 Å². The number of aryl methyl sites for hydroxylation is 1. The molecule has 1 aliphatic heterocycles. The van der Waals surface area contributed by atoms with Crippen molar-refractivity contribution >= 4 is 10.0 Å². The van der Waals surface area contributed by atoms with E-state index in [2.05, 4.69) is 18.7 Å². The summed E-state index contributed by atoms with van der Waals surface area (Å²) in [5, 5.41) is 0. The summed E-state index contributed by atoms with van der Waals surface area (Å²) in [5.41, 5.74) is 0.978. The van der Waals surface area contributed by atoms with E-state index in [1.54, 1.807) is 22.5 Å². The molecule has 0 saturated carbocycles. The summed E-state index contributed by atoms with van der Waals surface area (Å²) in [4.78, 5) is 2.78. The fraction of sp³-hybridized carbons (Fsp3) is 0.625. The molecule has 118 valence electrons. The van der Waals surface area contributed by atoms with Gasteiger partial charge in [-0.05, 0) is 43.5 Å². The van der Waals surface area contributed by atoms with Gasteiger partial charge in [-0.15, -0.1) is 0 Å². The van der Waals surface area contributed by atoms with Crippen LogP contribution in [0.25, 0.3) is 0 Å². The second-order valence-electron chi connectivity index (χ2n) is 6.24. The van der Waals surface area contributed by atoms with Crippen molar-refractivity contribution in [2.45, 2.75) is 32.1 Å². The van der Waals surface area contributed by atoms with Gasteiger partial charge in [-0.1, -0.05) is 26.0 Å². The maximum atomic E-state index is 12.6. The molecular weight excluding hydrogens is 284 g/mol. The molecule has 1 aromatic rings. The highest BCUT2D eigenvalue weighted by Crippen LogP contribution is 2.18. The maximum Gasteiger partial charge on any atom is 0.243 e. The van der Waals surface area contributed by atoms with Crippen molar-refractivity contribution in [3.63, 3.8) is 0 Å². The molecule has 0 spiro atoms. The molecule has 2 rings (SSSR count). The zero-order valence-corrected chi connectivity index (χ0v) is 14.1. The van der Waals surface area contributed by atoms with Crippen molar-refractivity contribution in [3.8, 4) is 0 Å². The molecule has 1 fully saturated rings. The molecule has 1 aromatic carbocycles. The summed E-state index contributed by atoms with van der Waals surface area (Å²) in [7, 11) is -3.33. The van der Waals surface area contributed by atoms with E-state index in [4.69, 9.17) is 0 Å². The normalized spacial score (nSPS) is 18.3. The van der Waals surface area contributed by atoms with Crippen LogP contribution in [0.1, 0.15) is 25.8 Å². The van der Waals surface area contributed by atoms with E-state index in [0.717, 1.165) is 25.2 Å². The predicted octanol–water partition coefficient (Wildman–Crippen LogP) is 2.35. The number of hydrogen-bond donors (Lipinski definition) is 0. The Hall–Kier alpha value is -0.910. The van der Waals surface area contributed by atoms with E-state index in [0.29, 0.717) is 23.9 Å². The molecule has 0 aromatic heterocycles. The predicted molar refractivity (Wildman–Crippen MR) is 85.8 cm³/mol. The minimum absolute atomic E-state index is 0.415. The first-order valence-corrected chi connectivity index (χ1v) is 9.13. The monoisotopic (exact) mass is 310 g/mol. The molecule has 1 aliphatic rings. The minimum atomic E-state index is -3.33. The lowest BCUT2D eigenvalue weighted by Gasteiger charge is -2.34. The average Bonchev–Trinajstić information content (AvgIpc) is 2.45. The Balaban J connectivity index is 1.98. The molecule has 0 bridgehead atoms. The fourth-order valence-corrected chi connectivity index (χ4v) is 4.09. The van der Waals surface area contributed by atoms with Crippen molar-refractivity contribution in [2.75, 3.05) is 32.7 Å². The first kappa shape index (κ1) is 16.5.